The van der Waals surface area contributed by atoms with Crippen molar-refractivity contribution in [2.45, 2.75) is 26.9 Å². The molecule has 5 heteroatoms. The zero-order valence-corrected chi connectivity index (χ0v) is 10.9. The van der Waals surface area contributed by atoms with E-state index in [-0.39, 0.29) is 0 Å². The van der Waals surface area contributed by atoms with Crippen molar-refractivity contribution in [1.82, 2.24) is 24.9 Å². The fourth-order valence-electron chi connectivity index (χ4n) is 1.97. The van der Waals surface area contributed by atoms with Gasteiger partial charge >= 0.3 is 0 Å². The van der Waals surface area contributed by atoms with Crippen LogP contribution in [-0.4, -0.2) is 19.6 Å². The van der Waals surface area contributed by atoms with Crippen LogP contribution in [0.2, 0.25) is 0 Å². The van der Waals surface area contributed by atoms with Crippen molar-refractivity contribution in [2.24, 2.45) is 14.1 Å². The average molecular weight is 233 g/mol. The molecule has 0 aliphatic rings. The first-order chi connectivity index (χ1) is 8.08. The van der Waals surface area contributed by atoms with Crippen molar-refractivity contribution in [1.29, 1.82) is 0 Å². The van der Waals surface area contributed by atoms with Crippen molar-refractivity contribution in [3.05, 3.63) is 34.9 Å². The molecular formula is C12H19N5. The van der Waals surface area contributed by atoms with E-state index in [4.69, 9.17) is 0 Å². The van der Waals surface area contributed by atoms with Crippen LogP contribution < -0.4 is 5.32 Å². The maximum absolute atomic E-state index is 4.40. The molecular weight excluding hydrogens is 214 g/mol. The number of hydrogen-bond acceptors (Lipinski definition) is 3. The third-order valence-electron chi connectivity index (χ3n) is 3.05. The first kappa shape index (κ1) is 11.9. The molecule has 0 atom stereocenters. The molecule has 92 valence electrons. The Bertz CT molecular complexity index is 509. The lowest BCUT2D eigenvalue weighted by atomic mass is 10.2. The van der Waals surface area contributed by atoms with Gasteiger partial charge in [-0.15, -0.1) is 0 Å². The van der Waals surface area contributed by atoms with Crippen LogP contribution in [0.5, 0.6) is 0 Å². The van der Waals surface area contributed by atoms with Gasteiger partial charge in [-0.1, -0.05) is 0 Å². The van der Waals surface area contributed by atoms with Crippen LogP contribution >= 0.6 is 0 Å². The molecule has 5 nitrogen and oxygen atoms in total. The van der Waals surface area contributed by atoms with Crippen LogP contribution in [0.4, 0.5) is 0 Å². The summed E-state index contributed by atoms with van der Waals surface area (Å²) >= 11 is 0. The van der Waals surface area contributed by atoms with Gasteiger partial charge in [0, 0.05) is 50.2 Å². The summed E-state index contributed by atoms with van der Waals surface area (Å²) in [5, 5.41) is 12.0. The zero-order chi connectivity index (χ0) is 12.4. The highest BCUT2D eigenvalue weighted by Gasteiger charge is 2.08. The molecule has 2 aromatic heterocycles. The summed E-state index contributed by atoms with van der Waals surface area (Å²) in [5.41, 5.74) is 4.81. The van der Waals surface area contributed by atoms with Crippen molar-refractivity contribution in [3.8, 4) is 0 Å². The molecule has 0 amide bonds. The normalized spacial score (nSPS) is 11.1. The third-order valence-corrected chi connectivity index (χ3v) is 3.05. The largest absolute Gasteiger partial charge is 0.308 e. The van der Waals surface area contributed by atoms with Crippen LogP contribution in [0, 0.1) is 13.8 Å². The Balaban J connectivity index is 1.94. The van der Waals surface area contributed by atoms with Crippen LogP contribution in [0.25, 0.3) is 0 Å². The van der Waals surface area contributed by atoms with E-state index in [0.717, 1.165) is 18.8 Å². The summed E-state index contributed by atoms with van der Waals surface area (Å²) in [4.78, 5) is 0. The van der Waals surface area contributed by atoms with Crippen LogP contribution in [0.15, 0.2) is 12.4 Å². The molecule has 2 rings (SSSR count). The van der Waals surface area contributed by atoms with Gasteiger partial charge in [0.15, 0.2) is 0 Å². The van der Waals surface area contributed by atoms with Gasteiger partial charge in [-0.25, -0.2) is 0 Å². The molecule has 0 aliphatic carbocycles. The lowest BCUT2D eigenvalue weighted by Crippen LogP contribution is -2.13. The Hall–Kier alpha value is -1.62. The zero-order valence-electron chi connectivity index (χ0n) is 10.9. The molecule has 0 unspecified atom stereocenters. The monoisotopic (exact) mass is 233 g/mol. The number of aryl methyl sites for hydroxylation is 3. The lowest BCUT2D eigenvalue weighted by Gasteiger charge is -2.03. The maximum Gasteiger partial charge on any atom is 0.0641 e. The van der Waals surface area contributed by atoms with Gasteiger partial charge in [0.25, 0.3) is 0 Å². The van der Waals surface area contributed by atoms with Crippen molar-refractivity contribution in [3.63, 3.8) is 0 Å². The second-order valence-corrected chi connectivity index (χ2v) is 4.40. The van der Waals surface area contributed by atoms with Crippen LogP contribution in [-0.2, 0) is 27.2 Å². The molecule has 0 saturated heterocycles. The van der Waals surface area contributed by atoms with Crippen LogP contribution in [0.1, 0.15) is 22.5 Å². The van der Waals surface area contributed by atoms with Gasteiger partial charge in [-0.3, -0.25) is 9.36 Å². The van der Waals surface area contributed by atoms with Gasteiger partial charge in [0.2, 0.25) is 0 Å². The van der Waals surface area contributed by atoms with Gasteiger partial charge < -0.3 is 5.32 Å². The fourth-order valence-corrected chi connectivity index (χ4v) is 1.97. The lowest BCUT2D eigenvalue weighted by molar-refractivity contribution is 0.683. The van der Waals surface area contributed by atoms with E-state index < -0.39 is 0 Å². The van der Waals surface area contributed by atoms with Gasteiger partial charge in [0.05, 0.1) is 11.9 Å². The smallest absolute Gasteiger partial charge is 0.0641 e. The first-order valence-electron chi connectivity index (χ1n) is 5.75. The molecule has 0 saturated carbocycles. The minimum Gasteiger partial charge on any atom is -0.308 e. The first-order valence-corrected chi connectivity index (χ1v) is 5.75. The van der Waals surface area contributed by atoms with Crippen molar-refractivity contribution < 1.29 is 0 Å². The number of nitrogens with one attached hydrogen (secondary N) is 1. The Labute approximate surface area is 101 Å². The van der Waals surface area contributed by atoms with E-state index in [0.29, 0.717) is 0 Å². The topological polar surface area (TPSA) is 47.7 Å². The third kappa shape index (κ3) is 2.55. The Morgan fingerprint density at radius 1 is 1.24 bits per heavy atom. The molecule has 17 heavy (non-hydrogen) atoms. The molecule has 0 aromatic carbocycles. The Morgan fingerprint density at radius 2 is 2.00 bits per heavy atom. The van der Waals surface area contributed by atoms with E-state index >= 15 is 0 Å². The summed E-state index contributed by atoms with van der Waals surface area (Å²) < 4.78 is 3.74. The maximum atomic E-state index is 4.40. The quantitative estimate of drug-likeness (QED) is 0.859. The van der Waals surface area contributed by atoms with E-state index in [1.54, 1.807) is 0 Å². The Morgan fingerprint density at radius 3 is 2.53 bits per heavy atom. The molecule has 0 fully saturated rings. The second kappa shape index (κ2) is 4.71. The van der Waals surface area contributed by atoms with Crippen molar-refractivity contribution >= 4 is 0 Å². The number of hydrogen-bond donors (Lipinski definition) is 1. The van der Waals surface area contributed by atoms with Crippen LogP contribution in [0.3, 0.4) is 0 Å². The highest BCUT2D eigenvalue weighted by molar-refractivity contribution is 5.24. The summed E-state index contributed by atoms with van der Waals surface area (Å²) in [6, 6.07) is 0. The van der Waals surface area contributed by atoms with Crippen molar-refractivity contribution in [2.75, 3.05) is 0 Å². The minimum absolute atomic E-state index is 0.835. The SMILES string of the molecule is Cc1nn(C)c(C)c1CNCc1cnn(C)c1. The summed E-state index contributed by atoms with van der Waals surface area (Å²) in [7, 11) is 3.91. The Kier molecular flexibility index (Phi) is 3.28. The second-order valence-electron chi connectivity index (χ2n) is 4.40. The van der Waals surface area contributed by atoms with E-state index in [2.05, 4.69) is 22.4 Å². The predicted octanol–water partition coefficient (Wildman–Crippen LogP) is 1.06. The highest BCUT2D eigenvalue weighted by Crippen LogP contribution is 2.11. The number of aromatic nitrogens is 4. The molecule has 0 bridgehead atoms. The van der Waals surface area contributed by atoms with E-state index in [1.807, 2.05) is 42.8 Å². The van der Waals surface area contributed by atoms with E-state index in [1.165, 1.54) is 16.8 Å². The number of rotatable bonds is 4. The predicted molar refractivity (Wildman–Crippen MR) is 66.4 cm³/mol. The molecule has 2 aromatic rings. The molecule has 0 aliphatic heterocycles. The molecule has 0 radical (unpaired) electrons. The standard InChI is InChI=1S/C12H19N5/c1-9-12(10(2)17(4)15-9)7-13-5-11-6-14-16(3)8-11/h6,8,13H,5,7H2,1-4H3. The average Bonchev–Trinajstić information content (AvgIpc) is 2.78. The summed E-state index contributed by atoms with van der Waals surface area (Å²) in [6.07, 6.45) is 3.91. The molecule has 2 heterocycles. The minimum atomic E-state index is 0.835. The van der Waals surface area contributed by atoms with E-state index in [9.17, 15) is 0 Å². The molecule has 0 spiro atoms. The fraction of sp³-hybridized carbons (Fsp3) is 0.500. The van der Waals surface area contributed by atoms with Gasteiger partial charge in [-0.05, 0) is 13.8 Å². The summed E-state index contributed by atoms with van der Waals surface area (Å²) in [6.45, 7) is 5.83. The number of nitrogens with zero attached hydrogens (tertiary/aromatic N) is 4. The molecule has 1 N–H and O–H groups in total. The van der Waals surface area contributed by atoms with Gasteiger partial charge in [0.1, 0.15) is 0 Å². The van der Waals surface area contributed by atoms with Gasteiger partial charge in [-0.2, -0.15) is 10.2 Å². The summed E-state index contributed by atoms with van der Waals surface area (Å²) in [5.74, 6) is 0. The highest BCUT2D eigenvalue weighted by atomic mass is 15.3.